The van der Waals surface area contributed by atoms with Gasteiger partial charge in [-0.3, -0.25) is 5.10 Å². The maximum absolute atomic E-state index is 5.53. The second-order valence-corrected chi connectivity index (χ2v) is 5.73. The van der Waals surface area contributed by atoms with Crippen LogP contribution in [-0.2, 0) is 13.1 Å². The van der Waals surface area contributed by atoms with E-state index in [-0.39, 0.29) is 0 Å². The molecule has 0 fully saturated rings. The van der Waals surface area contributed by atoms with Gasteiger partial charge in [0.2, 0.25) is 5.75 Å². The molecule has 0 radical (unpaired) electrons. The fourth-order valence-corrected chi connectivity index (χ4v) is 2.93. The number of methoxy groups -OCH3 is 3. The molecule has 2 aromatic carbocycles. The van der Waals surface area contributed by atoms with Gasteiger partial charge >= 0.3 is 0 Å². The van der Waals surface area contributed by atoms with E-state index in [2.05, 4.69) is 27.6 Å². The molecule has 3 aromatic rings. The first-order chi connectivity index (χ1) is 12.8. The molecule has 0 aliphatic rings. The fraction of sp³-hybridized carbons (Fsp3) is 0.250. The van der Waals surface area contributed by atoms with Gasteiger partial charge in [-0.1, -0.05) is 36.4 Å². The molecule has 136 valence electrons. The molecular weight excluding hydrogens is 330 g/mol. The van der Waals surface area contributed by atoms with Crippen LogP contribution < -0.4 is 19.5 Å². The van der Waals surface area contributed by atoms with Crippen molar-refractivity contribution in [3.63, 3.8) is 0 Å². The molecule has 1 aromatic heterocycles. The van der Waals surface area contributed by atoms with Gasteiger partial charge in [0, 0.05) is 24.2 Å². The van der Waals surface area contributed by atoms with Crippen molar-refractivity contribution >= 4 is 0 Å². The Morgan fingerprint density at radius 3 is 2.27 bits per heavy atom. The Balaban J connectivity index is 1.73. The second-order valence-electron chi connectivity index (χ2n) is 5.73. The van der Waals surface area contributed by atoms with Gasteiger partial charge in [-0.15, -0.1) is 0 Å². The topological polar surface area (TPSA) is 68.4 Å². The van der Waals surface area contributed by atoms with E-state index in [1.807, 2.05) is 36.5 Å². The Bertz CT molecular complexity index is 847. The largest absolute Gasteiger partial charge is 0.493 e. The molecule has 0 atom stereocenters. The van der Waals surface area contributed by atoms with Gasteiger partial charge < -0.3 is 19.5 Å². The van der Waals surface area contributed by atoms with Crippen molar-refractivity contribution in [2.24, 2.45) is 0 Å². The first-order valence-electron chi connectivity index (χ1n) is 8.34. The summed E-state index contributed by atoms with van der Waals surface area (Å²) in [6.45, 7) is 1.31. The van der Waals surface area contributed by atoms with E-state index in [4.69, 9.17) is 14.2 Å². The number of H-pyrrole nitrogens is 1. The number of hydrogen-bond donors (Lipinski definition) is 2. The molecule has 26 heavy (non-hydrogen) atoms. The lowest BCUT2D eigenvalue weighted by atomic mass is 10.1. The van der Waals surface area contributed by atoms with E-state index >= 15 is 0 Å². The molecule has 0 aliphatic carbocycles. The second kappa shape index (κ2) is 8.40. The maximum Gasteiger partial charge on any atom is 0.203 e. The molecule has 0 unspecified atom stereocenters. The third-order valence-corrected chi connectivity index (χ3v) is 4.20. The van der Waals surface area contributed by atoms with Gasteiger partial charge in [0.25, 0.3) is 0 Å². The summed E-state index contributed by atoms with van der Waals surface area (Å²) >= 11 is 0. The number of nitrogens with zero attached hydrogens (tertiary/aromatic N) is 1. The van der Waals surface area contributed by atoms with Crippen molar-refractivity contribution in [3.05, 3.63) is 59.8 Å². The van der Waals surface area contributed by atoms with Crippen LogP contribution in [0.4, 0.5) is 0 Å². The van der Waals surface area contributed by atoms with Crippen LogP contribution in [0.5, 0.6) is 17.2 Å². The zero-order valence-corrected chi connectivity index (χ0v) is 15.2. The van der Waals surface area contributed by atoms with Crippen LogP contribution in [0.1, 0.15) is 11.1 Å². The van der Waals surface area contributed by atoms with Gasteiger partial charge in [0.05, 0.1) is 33.2 Å². The van der Waals surface area contributed by atoms with E-state index in [1.54, 1.807) is 21.3 Å². The minimum atomic E-state index is 0.600. The molecule has 0 saturated carbocycles. The van der Waals surface area contributed by atoms with E-state index < -0.39 is 0 Å². The zero-order chi connectivity index (χ0) is 18.4. The Morgan fingerprint density at radius 2 is 1.58 bits per heavy atom. The standard InChI is InChI=1S/C20H23N3O3/c1-24-17-10-9-15(19(25-2)20(17)26-3)11-21-12-16-13-22-23-18(16)14-7-5-4-6-8-14/h4-10,13,21H,11-12H2,1-3H3,(H,22,23). The molecule has 0 aliphatic heterocycles. The van der Waals surface area contributed by atoms with Crippen LogP contribution in [-0.4, -0.2) is 31.5 Å². The summed E-state index contributed by atoms with van der Waals surface area (Å²) in [4.78, 5) is 0. The summed E-state index contributed by atoms with van der Waals surface area (Å²) in [5, 5.41) is 10.7. The van der Waals surface area contributed by atoms with Crippen LogP contribution in [0.25, 0.3) is 11.3 Å². The average molecular weight is 353 g/mol. The first kappa shape index (κ1) is 17.8. The van der Waals surface area contributed by atoms with E-state index in [1.165, 1.54) is 0 Å². The quantitative estimate of drug-likeness (QED) is 0.650. The van der Waals surface area contributed by atoms with Crippen LogP contribution >= 0.6 is 0 Å². The summed E-state index contributed by atoms with van der Waals surface area (Å²) in [6.07, 6.45) is 1.85. The summed E-state index contributed by atoms with van der Waals surface area (Å²) < 4.78 is 16.3. The van der Waals surface area contributed by atoms with Gasteiger partial charge in [0.1, 0.15) is 0 Å². The number of aromatic amines is 1. The number of aromatic nitrogens is 2. The molecule has 2 N–H and O–H groups in total. The molecule has 0 amide bonds. The van der Waals surface area contributed by atoms with E-state index in [9.17, 15) is 0 Å². The van der Waals surface area contributed by atoms with Crippen LogP contribution in [0.3, 0.4) is 0 Å². The normalized spacial score (nSPS) is 10.6. The molecule has 6 heteroatoms. The fourth-order valence-electron chi connectivity index (χ4n) is 2.93. The van der Waals surface area contributed by atoms with Crippen molar-refractivity contribution in [1.82, 2.24) is 15.5 Å². The van der Waals surface area contributed by atoms with Gasteiger partial charge in [-0.25, -0.2) is 0 Å². The smallest absolute Gasteiger partial charge is 0.203 e. The highest BCUT2D eigenvalue weighted by Crippen LogP contribution is 2.39. The molecule has 3 rings (SSSR count). The number of benzene rings is 2. The Hall–Kier alpha value is -2.99. The molecule has 0 saturated heterocycles. The SMILES string of the molecule is COc1ccc(CNCc2cn[nH]c2-c2ccccc2)c(OC)c1OC. The van der Waals surface area contributed by atoms with E-state index in [0.717, 1.165) is 22.4 Å². The van der Waals surface area contributed by atoms with Crippen molar-refractivity contribution in [2.45, 2.75) is 13.1 Å². The van der Waals surface area contributed by atoms with Gasteiger partial charge in [-0.2, -0.15) is 5.10 Å². The molecule has 1 heterocycles. The Kier molecular flexibility index (Phi) is 5.76. The van der Waals surface area contributed by atoms with Crippen LogP contribution in [0.15, 0.2) is 48.7 Å². The minimum Gasteiger partial charge on any atom is -0.493 e. The number of ether oxygens (including phenoxy) is 3. The highest BCUT2D eigenvalue weighted by molar-refractivity contribution is 5.62. The summed E-state index contributed by atoms with van der Waals surface area (Å²) in [7, 11) is 4.85. The highest BCUT2D eigenvalue weighted by Gasteiger charge is 2.15. The third-order valence-electron chi connectivity index (χ3n) is 4.20. The van der Waals surface area contributed by atoms with Crippen molar-refractivity contribution < 1.29 is 14.2 Å². The number of nitrogens with one attached hydrogen (secondary N) is 2. The summed E-state index contributed by atoms with van der Waals surface area (Å²) in [5.41, 5.74) is 4.24. The Labute approximate surface area is 153 Å². The van der Waals surface area contributed by atoms with Crippen molar-refractivity contribution in [2.75, 3.05) is 21.3 Å². The lowest BCUT2D eigenvalue weighted by molar-refractivity contribution is 0.321. The number of rotatable bonds is 8. The van der Waals surface area contributed by atoms with Gasteiger partial charge in [0.15, 0.2) is 11.5 Å². The number of hydrogen-bond acceptors (Lipinski definition) is 5. The molecule has 0 bridgehead atoms. The van der Waals surface area contributed by atoms with E-state index in [0.29, 0.717) is 30.3 Å². The predicted molar refractivity (Wildman–Crippen MR) is 101 cm³/mol. The predicted octanol–water partition coefficient (Wildman–Crippen LogP) is 3.39. The maximum atomic E-state index is 5.53. The minimum absolute atomic E-state index is 0.600. The lowest BCUT2D eigenvalue weighted by Crippen LogP contribution is -2.14. The molecular formula is C20H23N3O3. The van der Waals surface area contributed by atoms with Gasteiger partial charge in [-0.05, 0) is 11.6 Å². The van der Waals surface area contributed by atoms with Crippen LogP contribution in [0.2, 0.25) is 0 Å². The van der Waals surface area contributed by atoms with Crippen molar-refractivity contribution in [1.29, 1.82) is 0 Å². The summed E-state index contributed by atoms with van der Waals surface area (Å²) in [5.74, 6) is 1.92. The highest BCUT2D eigenvalue weighted by atomic mass is 16.5. The average Bonchev–Trinajstić information content (AvgIpc) is 3.16. The zero-order valence-electron chi connectivity index (χ0n) is 15.2. The molecule has 6 nitrogen and oxygen atoms in total. The first-order valence-corrected chi connectivity index (χ1v) is 8.34. The van der Waals surface area contributed by atoms with Crippen LogP contribution in [0, 0.1) is 0 Å². The monoisotopic (exact) mass is 353 g/mol. The molecule has 0 spiro atoms. The third kappa shape index (κ3) is 3.65. The van der Waals surface area contributed by atoms with Crippen molar-refractivity contribution in [3.8, 4) is 28.5 Å². The Morgan fingerprint density at radius 1 is 0.846 bits per heavy atom. The summed E-state index contributed by atoms with van der Waals surface area (Å²) in [6, 6.07) is 14.0. The lowest BCUT2D eigenvalue weighted by Gasteiger charge is -2.16.